The number of carbonyl (C=O) groups excluding carboxylic acids is 1. The Morgan fingerprint density at radius 3 is 2.71 bits per heavy atom. The van der Waals surface area contributed by atoms with Crippen LogP contribution >= 0.6 is 0 Å². The van der Waals surface area contributed by atoms with E-state index in [4.69, 9.17) is 10.5 Å². The van der Waals surface area contributed by atoms with Gasteiger partial charge in [-0.15, -0.1) is 0 Å². The standard InChI is InChI=1S/C11H18N4O2/c1-7-9(13-6-14-10(7)17-4)15-11(2,3)5-8(12)16/h6H,5H2,1-4H3,(H2,12,16)(H,13,14,15). The van der Waals surface area contributed by atoms with Crippen LogP contribution in [0.4, 0.5) is 5.82 Å². The third kappa shape index (κ3) is 3.58. The zero-order chi connectivity index (χ0) is 13.1. The molecule has 17 heavy (non-hydrogen) atoms. The van der Waals surface area contributed by atoms with E-state index in [0.29, 0.717) is 11.7 Å². The van der Waals surface area contributed by atoms with Gasteiger partial charge in [0.25, 0.3) is 0 Å². The molecule has 0 radical (unpaired) electrons. The molecule has 1 rings (SSSR count). The van der Waals surface area contributed by atoms with Crippen LogP contribution in [-0.4, -0.2) is 28.5 Å². The fourth-order valence-corrected chi connectivity index (χ4v) is 1.57. The lowest BCUT2D eigenvalue weighted by atomic mass is 10.00. The second-order valence-corrected chi connectivity index (χ2v) is 4.51. The molecule has 0 bridgehead atoms. The van der Waals surface area contributed by atoms with Gasteiger partial charge in [-0.05, 0) is 20.8 Å². The van der Waals surface area contributed by atoms with Gasteiger partial charge < -0.3 is 15.8 Å². The Morgan fingerprint density at radius 1 is 1.53 bits per heavy atom. The van der Waals surface area contributed by atoms with Gasteiger partial charge in [0.05, 0.1) is 12.7 Å². The monoisotopic (exact) mass is 238 g/mol. The molecular weight excluding hydrogens is 220 g/mol. The highest BCUT2D eigenvalue weighted by Gasteiger charge is 2.22. The summed E-state index contributed by atoms with van der Waals surface area (Å²) in [5.74, 6) is 0.793. The van der Waals surface area contributed by atoms with Crippen LogP contribution in [0.5, 0.6) is 5.88 Å². The second-order valence-electron chi connectivity index (χ2n) is 4.51. The number of amides is 1. The average Bonchev–Trinajstić information content (AvgIpc) is 2.19. The van der Waals surface area contributed by atoms with E-state index in [2.05, 4.69) is 15.3 Å². The quantitative estimate of drug-likeness (QED) is 0.794. The zero-order valence-corrected chi connectivity index (χ0v) is 10.6. The van der Waals surface area contributed by atoms with E-state index >= 15 is 0 Å². The van der Waals surface area contributed by atoms with Gasteiger partial charge in [-0.2, -0.15) is 0 Å². The molecule has 1 aromatic heterocycles. The first kappa shape index (κ1) is 13.2. The molecule has 6 nitrogen and oxygen atoms in total. The Hall–Kier alpha value is -1.85. The number of primary amides is 1. The molecule has 3 N–H and O–H groups in total. The molecule has 0 unspecified atom stereocenters. The van der Waals surface area contributed by atoms with Crippen LogP contribution in [0.25, 0.3) is 0 Å². The number of methoxy groups -OCH3 is 1. The van der Waals surface area contributed by atoms with Gasteiger partial charge >= 0.3 is 0 Å². The molecule has 0 spiro atoms. The van der Waals surface area contributed by atoms with Crippen LogP contribution in [0.2, 0.25) is 0 Å². The summed E-state index contributed by atoms with van der Waals surface area (Å²) in [6, 6.07) is 0. The molecule has 0 atom stereocenters. The van der Waals surface area contributed by atoms with Crippen molar-refractivity contribution in [1.29, 1.82) is 0 Å². The van der Waals surface area contributed by atoms with Gasteiger partial charge in [0, 0.05) is 12.0 Å². The van der Waals surface area contributed by atoms with E-state index in [1.807, 2.05) is 20.8 Å². The van der Waals surface area contributed by atoms with Crippen molar-refractivity contribution in [2.24, 2.45) is 5.73 Å². The molecule has 1 amide bonds. The fraction of sp³-hybridized carbons (Fsp3) is 0.545. The predicted molar refractivity (Wildman–Crippen MR) is 64.8 cm³/mol. The third-order valence-corrected chi connectivity index (χ3v) is 2.30. The van der Waals surface area contributed by atoms with E-state index in [-0.39, 0.29) is 12.3 Å². The molecule has 0 saturated carbocycles. The minimum atomic E-state index is -0.462. The maximum absolute atomic E-state index is 10.9. The molecule has 1 heterocycles. The number of hydrogen-bond donors (Lipinski definition) is 2. The van der Waals surface area contributed by atoms with Crippen LogP contribution in [-0.2, 0) is 4.79 Å². The fourth-order valence-electron chi connectivity index (χ4n) is 1.57. The number of hydrogen-bond acceptors (Lipinski definition) is 5. The molecule has 0 fully saturated rings. The maximum Gasteiger partial charge on any atom is 0.221 e. The van der Waals surface area contributed by atoms with E-state index in [9.17, 15) is 4.79 Å². The van der Waals surface area contributed by atoms with Gasteiger partial charge in [-0.25, -0.2) is 9.97 Å². The molecule has 6 heteroatoms. The lowest BCUT2D eigenvalue weighted by molar-refractivity contribution is -0.118. The van der Waals surface area contributed by atoms with E-state index < -0.39 is 5.54 Å². The summed E-state index contributed by atoms with van der Waals surface area (Å²) in [4.78, 5) is 19.0. The number of ether oxygens (including phenoxy) is 1. The largest absolute Gasteiger partial charge is 0.481 e. The Bertz CT molecular complexity index is 418. The molecule has 0 saturated heterocycles. The van der Waals surface area contributed by atoms with Gasteiger partial charge in [0.15, 0.2) is 0 Å². The minimum absolute atomic E-state index is 0.221. The van der Waals surface area contributed by atoms with Gasteiger partial charge in [0.2, 0.25) is 11.8 Å². The molecule has 94 valence electrons. The summed E-state index contributed by atoms with van der Waals surface area (Å²) in [5.41, 5.74) is 5.53. The first-order valence-corrected chi connectivity index (χ1v) is 5.28. The SMILES string of the molecule is COc1ncnc(NC(C)(C)CC(N)=O)c1C. The minimum Gasteiger partial charge on any atom is -0.481 e. The summed E-state index contributed by atoms with van der Waals surface area (Å²) in [6.45, 7) is 5.61. The van der Waals surface area contributed by atoms with Crippen molar-refractivity contribution in [3.63, 3.8) is 0 Å². The van der Waals surface area contributed by atoms with Crippen molar-refractivity contribution < 1.29 is 9.53 Å². The number of nitrogens with zero attached hydrogens (tertiary/aromatic N) is 2. The Morgan fingerprint density at radius 2 is 2.18 bits per heavy atom. The first-order valence-electron chi connectivity index (χ1n) is 5.28. The topological polar surface area (TPSA) is 90.1 Å². The molecular formula is C11H18N4O2. The lowest BCUT2D eigenvalue weighted by Crippen LogP contribution is -2.36. The van der Waals surface area contributed by atoms with Gasteiger partial charge in [-0.3, -0.25) is 4.79 Å². The number of nitrogens with two attached hydrogens (primary N) is 1. The first-order chi connectivity index (χ1) is 7.85. The summed E-state index contributed by atoms with van der Waals surface area (Å²) in [6.07, 6.45) is 1.63. The molecule has 0 aliphatic rings. The lowest BCUT2D eigenvalue weighted by Gasteiger charge is -2.26. The molecule has 0 aromatic carbocycles. The average molecular weight is 238 g/mol. The van der Waals surface area contributed by atoms with Gasteiger partial charge in [-0.1, -0.05) is 0 Å². The molecule has 0 aliphatic carbocycles. The van der Waals surface area contributed by atoms with Gasteiger partial charge in [0.1, 0.15) is 12.1 Å². The number of nitrogens with one attached hydrogen (secondary N) is 1. The van der Waals surface area contributed by atoms with Crippen molar-refractivity contribution in [1.82, 2.24) is 9.97 Å². The van der Waals surface area contributed by atoms with Crippen molar-refractivity contribution in [2.45, 2.75) is 32.7 Å². The highest BCUT2D eigenvalue weighted by Crippen LogP contribution is 2.23. The molecule has 0 aliphatic heterocycles. The smallest absolute Gasteiger partial charge is 0.221 e. The number of aromatic nitrogens is 2. The maximum atomic E-state index is 10.9. The van der Waals surface area contributed by atoms with Crippen LogP contribution in [0, 0.1) is 6.92 Å². The Labute approximate surface area is 101 Å². The van der Waals surface area contributed by atoms with Crippen molar-refractivity contribution in [3.8, 4) is 5.88 Å². The summed E-state index contributed by atoms with van der Waals surface area (Å²) in [7, 11) is 1.55. The number of rotatable bonds is 5. The number of anilines is 1. The Balaban J connectivity index is 2.91. The van der Waals surface area contributed by atoms with Crippen LogP contribution in [0.1, 0.15) is 25.8 Å². The summed E-state index contributed by atoms with van der Waals surface area (Å²) < 4.78 is 5.10. The third-order valence-electron chi connectivity index (χ3n) is 2.30. The van der Waals surface area contributed by atoms with E-state index in [1.165, 1.54) is 6.33 Å². The van der Waals surface area contributed by atoms with Crippen molar-refractivity contribution >= 4 is 11.7 Å². The Kier molecular flexibility index (Phi) is 3.88. The molecule has 1 aromatic rings. The second kappa shape index (κ2) is 4.99. The van der Waals surface area contributed by atoms with Crippen molar-refractivity contribution in [2.75, 3.05) is 12.4 Å². The highest BCUT2D eigenvalue weighted by atomic mass is 16.5. The van der Waals surface area contributed by atoms with Crippen LogP contribution in [0.3, 0.4) is 0 Å². The van der Waals surface area contributed by atoms with E-state index in [0.717, 1.165) is 5.56 Å². The van der Waals surface area contributed by atoms with Crippen LogP contribution in [0.15, 0.2) is 6.33 Å². The highest BCUT2D eigenvalue weighted by molar-refractivity contribution is 5.75. The summed E-state index contributed by atoms with van der Waals surface area (Å²) >= 11 is 0. The van der Waals surface area contributed by atoms with E-state index in [1.54, 1.807) is 7.11 Å². The zero-order valence-electron chi connectivity index (χ0n) is 10.6. The number of carbonyl (C=O) groups is 1. The van der Waals surface area contributed by atoms with Crippen molar-refractivity contribution in [3.05, 3.63) is 11.9 Å². The predicted octanol–water partition coefficient (Wildman–Crippen LogP) is 0.860. The normalized spacial score (nSPS) is 11.1. The van der Waals surface area contributed by atoms with Crippen LogP contribution < -0.4 is 15.8 Å². The summed E-state index contributed by atoms with van der Waals surface area (Å²) in [5, 5.41) is 3.16.